The number of halogens is 1. The third kappa shape index (κ3) is 9.55. The van der Waals surface area contributed by atoms with E-state index in [0.717, 1.165) is 37.6 Å². The lowest BCUT2D eigenvalue weighted by Crippen LogP contribution is -2.42. The van der Waals surface area contributed by atoms with Gasteiger partial charge < -0.3 is 15.4 Å². The van der Waals surface area contributed by atoms with Gasteiger partial charge in [-0.1, -0.05) is 25.1 Å². The highest BCUT2D eigenvalue weighted by molar-refractivity contribution is 14.0. The molecule has 0 radical (unpaired) electrons. The molecule has 0 bridgehead atoms. The molecule has 0 saturated carbocycles. The first-order chi connectivity index (χ1) is 9.76. The molecule has 0 amide bonds. The van der Waals surface area contributed by atoms with Crippen LogP contribution in [0.2, 0.25) is 0 Å². The van der Waals surface area contributed by atoms with Gasteiger partial charge in [-0.05, 0) is 32.4 Å². The van der Waals surface area contributed by atoms with Gasteiger partial charge in [0.1, 0.15) is 5.75 Å². The van der Waals surface area contributed by atoms with Crippen molar-refractivity contribution in [3.05, 3.63) is 30.3 Å². The number of ether oxygens (including phenoxy) is 1. The zero-order valence-electron chi connectivity index (χ0n) is 13.3. The van der Waals surface area contributed by atoms with E-state index >= 15 is 0 Å². The van der Waals surface area contributed by atoms with Crippen molar-refractivity contribution in [3.8, 4) is 5.75 Å². The van der Waals surface area contributed by atoms with Crippen molar-refractivity contribution >= 4 is 29.9 Å². The van der Waals surface area contributed by atoms with E-state index in [2.05, 4.69) is 36.4 Å². The van der Waals surface area contributed by atoms with Crippen molar-refractivity contribution in [2.45, 2.75) is 39.7 Å². The van der Waals surface area contributed by atoms with Crippen LogP contribution >= 0.6 is 24.0 Å². The Labute approximate surface area is 145 Å². The second-order valence-corrected chi connectivity index (χ2v) is 4.73. The van der Waals surface area contributed by atoms with Crippen LogP contribution in [-0.4, -0.2) is 31.7 Å². The lowest BCUT2D eigenvalue weighted by molar-refractivity contribution is 0.313. The van der Waals surface area contributed by atoms with Gasteiger partial charge in [0.25, 0.3) is 0 Å². The summed E-state index contributed by atoms with van der Waals surface area (Å²) in [7, 11) is 0. The fourth-order valence-electron chi connectivity index (χ4n) is 1.62. The molecule has 1 aromatic carbocycles. The Hall–Kier alpha value is -0.980. The molecule has 0 aliphatic heterocycles. The van der Waals surface area contributed by atoms with Crippen molar-refractivity contribution < 1.29 is 4.74 Å². The largest absolute Gasteiger partial charge is 0.494 e. The fourth-order valence-corrected chi connectivity index (χ4v) is 1.62. The minimum absolute atomic E-state index is 0. The van der Waals surface area contributed by atoms with Crippen LogP contribution < -0.4 is 15.4 Å². The molecule has 0 heterocycles. The van der Waals surface area contributed by atoms with Crippen molar-refractivity contribution in [1.82, 2.24) is 10.6 Å². The normalized spacial score (nSPS) is 12.2. The zero-order chi connectivity index (χ0) is 14.6. The maximum Gasteiger partial charge on any atom is 0.191 e. The quantitative estimate of drug-likeness (QED) is 0.302. The van der Waals surface area contributed by atoms with Gasteiger partial charge in [-0.2, -0.15) is 0 Å². The highest BCUT2D eigenvalue weighted by Crippen LogP contribution is 2.08. The summed E-state index contributed by atoms with van der Waals surface area (Å²) in [6.07, 6.45) is 1.99. The van der Waals surface area contributed by atoms with Gasteiger partial charge in [-0.25, -0.2) is 0 Å². The molecule has 0 saturated heterocycles. The number of guanidine groups is 1. The number of hydrogen-bond acceptors (Lipinski definition) is 2. The smallest absolute Gasteiger partial charge is 0.191 e. The van der Waals surface area contributed by atoms with Crippen molar-refractivity contribution in [3.63, 3.8) is 0 Å². The molecule has 0 fully saturated rings. The van der Waals surface area contributed by atoms with E-state index in [1.54, 1.807) is 0 Å². The molecular formula is C16H28IN3O. The summed E-state index contributed by atoms with van der Waals surface area (Å²) in [6.45, 7) is 8.73. The van der Waals surface area contributed by atoms with E-state index in [-0.39, 0.29) is 24.0 Å². The summed E-state index contributed by atoms with van der Waals surface area (Å²) < 4.78 is 5.64. The van der Waals surface area contributed by atoms with Crippen LogP contribution in [0.15, 0.2) is 35.3 Å². The van der Waals surface area contributed by atoms with Crippen LogP contribution in [0.1, 0.15) is 33.6 Å². The average Bonchev–Trinajstić information content (AvgIpc) is 2.48. The monoisotopic (exact) mass is 405 g/mol. The lowest BCUT2D eigenvalue weighted by atomic mass is 10.3. The first kappa shape index (κ1) is 20.0. The van der Waals surface area contributed by atoms with Crippen LogP contribution in [-0.2, 0) is 0 Å². The lowest BCUT2D eigenvalue weighted by Gasteiger charge is -2.16. The maximum atomic E-state index is 5.64. The average molecular weight is 405 g/mol. The van der Waals surface area contributed by atoms with Crippen molar-refractivity contribution in [2.24, 2.45) is 4.99 Å². The number of rotatable bonds is 8. The van der Waals surface area contributed by atoms with Gasteiger partial charge in [-0.15, -0.1) is 24.0 Å². The van der Waals surface area contributed by atoms with E-state index in [9.17, 15) is 0 Å². The Morgan fingerprint density at radius 2 is 1.95 bits per heavy atom. The first-order valence-corrected chi connectivity index (χ1v) is 7.49. The SMILES string of the molecule is CCNC(=NCCCOc1ccccc1)NC(C)CC.I. The predicted molar refractivity (Wildman–Crippen MR) is 101 cm³/mol. The Bertz CT molecular complexity index is 384. The second kappa shape index (κ2) is 12.7. The van der Waals surface area contributed by atoms with E-state index in [1.165, 1.54) is 0 Å². The highest BCUT2D eigenvalue weighted by Gasteiger charge is 2.01. The van der Waals surface area contributed by atoms with Crippen LogP contribution in [0, 0.1) is 0 Å². The Balaban J connectivity index is 0.00000400. The standard InChI is InChI=1S/C16H27N3O.HI/c1-4-14(3)19-16(17-5-2)18-12-9-13-20-15-10-7-6-8-11-15;/h6-8,10-11,14H,4-5,9,12-13H2,1-3H3,(H2,17,18,19);1H. The Kier molecular flexibility index (Phi) is 12.1. The molecule has 2 N–H and O–H groups in total. The summed E-state index contributed by atoms with van der Waals surface area (Å²) in [5.41, 5.74) is 0. The highest BCUT2D eigenvalue weighted by atomic mass is 127. The van der Waals surface area contributed by atoms with Crippen molar-refractivity contribution in [2.75, 3.05) is 19.7 Å². The van der Waals surface area contributed by atoms with Gasteiger partial charge in [0.2, 0.25) is 0 Å². The van der Waals surface area contributed by atoms with E-state index in [1.807, 2.05) is 30.3 Å². The summed E-state index contributed by atoms with van der Waals surface area (Å²) >= 11 is 0. The molecular weight excluding hydrogens is 377 g/mol. The van der Waals surface area contributed by atoms with Gasteiger partial charge in [-0.3, -0.25) is 4.99 Å². The second-order valence-electron chi connectivity index (χ2n) is 4.73. The number of hydrogen-bond donors (Lipinski definition) is 2. The summed E-state index contributed by atoms with van der Waals surface area (Å²) in [5, 5.41) is 6.63. The van der Waals surface area contributed by atoms with Gasteiger partial charge in [0.05, 0.1) is 6.61 Å². The Morgan fingerprint density at radius 1 is 1.24 bits per heavy atom. The van der Waals surface area contributed by atoms with Crippen LogP contribution in [0.3, 0.4) is 0 Å². The molecule has 0 spiro atoms. The van der Waals surface area contributed by atoms with Gasteiger partial charge in [0, 0.05) is 25.6 Å². The number of para-hydroxylation sites is 1. The molecule has 21 heavy (non-hydrogen) atoms. The first-order valence-electron chi connectivity index (χ1n) is 7.49. The number of nitrogens with one attached hydrogen (secondary N) is 2. The Morgan fingerprint density at radius 3 is 2.57 bits per heavy atom. The molecule has 1 rings (SSSR count). The molecule has 4 nitrogen and oxygen atoms in total. The molecule has 1 unspecified atom stereocenters. The summed E-state index contributed by atoms with van der Waals surface area (Å²) in [6, 6.07) is 10.3. The van der Waals surface area contributed by atoms with Crippen LogP contribution in [0.4, 0.5) is 0 Å². The topological polar surface area (TPSA) is 45.7 Å². The fraction of sp³-hybridized carbons (Fsp3) is 0.562. The zero-order valence-corrected chi connectivity index (χ0v) is 15.6. The summed E-state index contributed by atoms with van der Waals surface area (Å²) in [4.78, 5) is 4.55. The molecule has 0 aromatic heterocycles. The number of nitrogens with zero attached hydrogens (tertiary/aromatic N) is 1. The number of benzene rings is 1. The van der Waals surface area contributed by atoms with E-state index in [4.69, 9.17) is 4.74 Å². The van der Waals surface area contributed by atoms with Crippen LogP contribution in [0.5, 0.6) is 5.75 Å². The van der Waals surface area contributed by atoms with E-state index < -0.39 is 0 Å². The van der Waals surface area contributed by atoms with Crippen molar-refractivity contribution in [1.29, 1.82) is 0 Å². The van der Waals surface area contributed by atoms with E-state index in [0.29, 0.717) is 12.6 Å². The molecule has 0 aliphatic rings. The molecule has 120 valence electrons. The minimum atomic E-state index is 0. The van der Waals surface area contributed by atoms with Gasteiger partial charge >= 0.3 is 0 Å². The molecule has 0 aliphatic carbocycles. The maximum absolute atomic E-state index is 5.64. The van der Waals surface area contributed by atoms with Gasteiger partial charge in [0.15, 0.2) is 5.96 Å². The third-order valence-electron chi connectivity index (χ3n) is 2.92. The number of aliphatic imine (C=N–C) groups is 1. The summed E-state index contributed by atoms with van der Waals surface area (Å²) in [5.74, 6) is 1.81. The van der Waals surface area contributed by atoms with Crippen LogP contribution in [0.25, 0.3) is 0 Å². The predicted octanol–water partition coefficient (Wildman–Crippen LogP) is 3.43. The molecule has 1 aromatic rings. The molecule has 5 heteroatoms. The third-order valence-corrected chi connectivity index (χ3v) is 2.92. The minimum Gasteiger partial charge on any atom is -0.494 e. The molecule has 1 atom stereocenters.